The lowest BCUT2D eigenvalue weighted by molar-refractivity contribution is 1.24. The Bertz CT molecular complexity index is 588. The standard InChI is InChI=1S/C17H17ClS/c1-4-15-10-12(2)17(16(18)13(15)3)19-11-14-8-6-5-7-9-14/h4-10H,1,11H2,2-3H3. The van der Waals surface area contributed by atoms with Crippen LogP contribution in [-0.4, -0.2) is 0 Å². The molecule has 0 aliphatic carbocycles. The second kappa shape index (κ2) is 6.31. The first kappa shape index (κ1) is 14.2. The van der Waals surface area contributed by atoms with Crippen molar-refractivity contribution in [3.05, 3.63) is 70.3 Å². The van der Waals surface area contributed by atoms with E-state index in [-0.39, 0.29) is 0 Å². The molecule has 0 atom stereocenters. The molecule has 0 amide bonds. The minimum Gasteiger partial charge on any atom is -0.120 e. The molecule has 2 aromatic carbocycles. The summed E-state index contributed by atoms with van der Waals surface area (Å²) in [6, 6.07) is 12.6. The molecule has 19 heavy (non-hydrogen) atoms. The summed E-state index contributed by atoms with van der Waals surface area (Å²) in [5.74, 6) is 0.939. The lowest BCUT2D eigenvalue weighted by Crippen LogP contribution is -1.91. The Morgan fingerprint density at radius 1 is 1.21 bits per heavy atom. The number of halogens is 1. The van der Waals surface area contributed by atoms with Gasteiger partial charge in [0, 0.05) is 10.6 Å². The van der Waals surface area contributed by atoms with E-state index in [1.807, 2.05) is 19.1 Å². The highest BCUT2D eigenvalue weighted by molar-refractivity contribution is 7.98. The van der Waals surface area contributed by atoms with E-state index in [1.54, 1.807) is 11.8 Å². The third kappa shape index (κ3) is 3.23. The maximum atomic E-state index is 6.48. The second-order valence-electron chi connectivity index (χ2n) is 4.53. The van der Waals surface area contributed by atoms with Gasteiger partial charge < -0.3 is 0 Å². The Hall–Kier alpha value is -1.18. The summed E-state index contributed by atoms with van der Waals surface area (Å²) < 4.78 is 0. The molecule has 0 aliphatic rings. The molecule has 0 saturated carbocycles. The normalized spacial score (nSPS) is 10.5. The average Bonchev–Trinajstić information content (AvgIpc) is 2.44. The molecule has 0 N–H and O–H groups in total. The van der Waals surface area contributed by atoms with Crippen molar-refractivity contribution in [3.63, 3.8) is 0 Å². The molecular formula is C17H17ClS. The molecule has 2 heteroatoms. The van der Waals surface area contributed by atoms with Gasteiger partial charge in [-0.25, -0.2) is 0 Å². The lowest BCUT2D eigenvalue weighted by Gasteiger charge is -2.13. The molecular weight excluding hydrogens is 272 g/mol. The summed E-state index contributed by atoms with van der Waals surface area (Å²) in [6.07, 6.45) is 1.86. The van der Waals surface area contributed by atoms with Crippen LogP contribution in [-0.2, 0) is 5.75 Å². The summed E-state index contributed by atoms with van der Waals surface area (Å²) in [5, 5.41) is 0.857. The van der Waals surface area contributed by atoms with E-state index in [4.69, 9.17) is 11.6 Å². The van der Waals surface area contributed by atoms with Crippen LogP contribution < -0.4 is 0 Å². The molecule has 0 saturated heterocycles. The van der Waals surface area contributed by atoms with Gasteiger partial charge in [0.1, 0.15) is 0 Å². The van der Waals surface area contributed by atoms with Crippen LogP contribution in [0.15, 0.2) is 47.9 Å². The molecule has 98 valence electrons. The fourth-order valence-corrected chi connectivity index (χ4v) is 3.49. The highest BCUT2D eigenvalue weighted by atomic mass is 35.5. The van der Waals surface area contributed by atoms with Crippen molar-refractivity contribution in [3.8, 4) is 0 Å². The lowest BCUT2D eigenvalue weighted by atomic mass is 10.1. The van der Waals surface area contributed by atoms with E-state index in [9.17, 15) is 0 Å². The van der Waals surface area contributed by atoms with Crippen LogP contribution in [0, 0.1) is 13.8 Å². The molecule has 2 rings (SSSR count). The first-order valence-electron chi connectivity index (χ1n) is 6.22. The zero-order chi connectivity index (χ0) is 13.8. The Morgan fingerprint density at radius 3 is 2.53 bits per heavy atom. The van der Waals surface area contributed by atoms with E-state index >= 15 is 0 Å². The van der Waals surface area contributed by atoms with Crippen LogP contribution in [0.5, 0.6) is 0 Å². The molecule has 0 fully saturated rings. The van der Waals surface area contributed by atoms with Gasteiger partial charge in [0.2, 0.25) is 0 Å². The molecule has 2 aromatic rings. The molecule has 0 heterocycles. The van der Waals surface area contributed by atoms with Crippen molar-refractivity contribution < 1.29 is 0 Å². The zero-order valence-electron chi connectivity index (χ0n) is 11.2. The summed E-state index contributed by atoms with van der Waals surface area (Å²) in [4.78, 5) is 1.17. The largest absolute Gasteiger partial charge is 0.120 e. The van der Waals surface area contributed by atoms with Crippen LogP contribution in [0.2, 0.25) is 5.02 Å². The van der Waals surface area contributed by atoms with Gasteiger partial charge in [-0.1, -0.05) is 60.7 Å². The fourth-order valence-electron chi connectivity index (χ4n) is 2.00. The van der Waals surface area contributed by atoms with Crippen LogP contribution >= 0.6 is 23.4 Å². The van der Waals surface area contributed by atoms with E-state index in [2.05, 4.69) is 43.8 Å². The maximum absolute atomic E-state index is 6.48. The highest BCUT2D eigenvalue weighted by Gasteiger charge is 2.11. The van der Waals surface area contributed by atoms with Crippen molar-refractivity contribution in [2.45, 2.75) is 24.5 Å². The van der Waals surface area contributed by atoms with Gasteiger partial charge in [0.25, 0.3) is 0 Å². The van der Waals surface area contributed by atoms with Crippen LogP contribution in [0.25, 0.3) is 6.08 Å². The molecule has 0 aromatic heterocycles. The second-order valence-corrected chi connectivity index (χ2v) is 5.89. The predicted molar refractivity (Wildman–Crippen MR) is 87.0 cm³/mol. The zero-order valence-corrected chi connectivity index (χ0v) is 12.8. The minimum atomic E-state index is 0.857. The number of hydrogen-bond donors (Lipinski definition) is 0. The van der Waals surface area contributed by atoms with E-state index < -0.39 is 0 Å². The third-order valence-electron chi connectivity index (χ3n) is 3.14. The third-order valence-corrected chi connectivity index (χ3v) is 5.01. The SMILES string of the molecule is C=Cc1cc(C)c(SCc2ccccc2)c(Cl)c1C. The average molecular weight is 289 g/mol. The van der Waals surface area contributed by atoms with E-state index in [0.29, 0.717) is 0 Å². The van der Waals surface area contributed by atoms with Crippen LogP contribution in [0.4, 0.5) is 0 Å². The summed E-state index contributed by atoms with van der Waals surface area (Å²) >= 11 is 8.27. The number of hydrogen-bond acceptors (Lipinski definition) is 1. The fraction of sp³-hybridized carbons (Fsp3) is 0.176. The quantitative estimate of drug-likeness (QED) is 0.632. The number of thioether (sulfide) groups is 1. The van der Waals surface area contributed by atoms with Gasteiger partial charge >= 0.3 is 0 Å². The maximum Gasteiger partial charge on any atom is 0.0579 e. The van der Waals surface area contributed by atoms with Gasteiger partial charge in [0.05, 0.1) is 5.02 Å². The smallest absolute Gasteiger partial charge is 0.0579 e. The molecule has 0 bridgehead atoms. The molecule has 0 unspecified atom stereocenters. The summed E-state index contributed by atoms with van der Waals surface area (Å²) in [6.45, 7) is 7.98. The van der Waals surface area contributed by atoms with Crippen LogP contribution in [0.3, 0.4) is 0 Å². The number of benzene rings is 2. The first-order chi connectivity index (χ1) is 9.13. The molecule has 0 spiro atoms. The Kier molecular flexibility index (Phi) is 4.73. The van der Waals surface area contributed by atoms with Crippen LogP contribution in [0.1, 0.15) is 22.3 Å². The Labute approximate surface area is 124 Å². The van der Waals surface area contributed by atoms with Crippen molar-refractivity contribution in [2.24, 2.45) is 0 Å². The van der Waals surface area contributed by atoms with Gasteiger partial charge in [-0.05, 0) is 36.1 Å². The van der Waals surface area contributed by atoms with Gasteiger partial charge in [-0.15, -0.1) is 11.8 Å². The molecule has 0 nitrogen and oxygen atoms in total. The van der Waals surface area contributed by atoms with E-state index in [0.717, 1.165) is 21.9 Å². The van der Waals surface area contributed by atoms with Gasteiger partial charge in [-0.2, -0.15) is 0 Å². The summed E-state index contributed by atoms with van der Waals surface area (Å²) in [5.41, 5.74) is 4.75. The number of rotatable bonds is 4. The van der Waals surface area contributed by atoms with E-state index in [1.165, 1.54) is 16.0 Å². The van der Waals surface area contributed by atoms with Gasteiger partial charge in [0.15, 0.2) is 0 Å². The molecule has 0 aliphatic heterocycles. The van der Waals surface area contributed by atoms with Gasteiger partial charge in [-0.3, -0.25) is 0 Å². The summed E-state index contributed by atoms with van der Waals surface area (Å²) in [7, 11) is 0. The monoisotopic (exact) mass is 288 g/mol. The first-order valence-corrected chi connectivity index (χ1v) is 7.58. The van der Waals surface area contributed by atoms with Crippen molar-refractivity contribution >= 4 is 29.4 Å². The minimum absolute atomic E-state index is 0.857. The Morgan fingerprint density at radius 2 is 1.89 bits per heavy atom. The Balaban J connectivity index is 2.26. The highest BCUT2D eigenvalue weighted by Crippen LogP contribution is 2.36. The number of aryl methyl sites for hydroxylation is 1. The van der Waals surface area contributed by atoms with Crippen molar-refractivity contribution in [1.82, 2.24) is 0 Å². The molecule has 0 radical (unpaired) electrons. The van der Waals surface area contributed by atoms with Crippen molar-refractivity contribution in [2.75, 3.05) is 0 Å². The topological polar surface area (TPSA) is 0 Å². The predicted octanol–water partition coefficient (Wildman–Crippen LogP) is 5.89. The van der Waals surface area contributed by atoms with Crippen molar-refractivity contribution in [1.29, 1.82) is 0 Å².